The van der Waals surface area contributed by atoms with Gasteiger partial charge >= 0.3 is 0 Å². The summed E-state index contributed by atoms with van der Waals surface area (Å²) in [6, 6.07) is 6.87. The van der Waals surface area contributed by atoms with E-state index in [9.17, 15) is 4.79 Å². The van der Waals surface area contributed by atoms with Crippen molar-refractivity contribution in [2.75, 3.05) is 5.75 Å². The number of carbonyl (C=O) groups excluding carboxylic acids is 1. The number of benzene rings is 1. The predicted molar refractivity (Wildman–Crippen MR) is 91.2 cm³/mol. The van der Waals surface area contributed by atoms with Crippen LogP contribution < -0.4 is 0 Å². The van der Waals surface area contributed by atoms with Crippen LogP contribution in [0.5, 0.6) is 0 Å². The van der Waals surface area contributed by atoms with Crippen molar-refractivity contribution in [2.24, 2.45) is 0 Å². The average Bonchev–Trinajstić information content (AvgIpc) is 2.87. The Morgan fingerprint density at radius 3 is 2.82 bits per heavy atom. The molecule has 5 heteroatoms. The van der Waals surface area contributed by atoms with E-state index in [1.54, 1.807) is 0 Å². The molecule has 1 fully saturated rings. The van der Waals surface area contributed by atoms with Crippen molar-refractivity contribution in [1.29, 1.82) is 0 Å². The zero-order chi connectivity index (χ0) is 15.7. The van der Waals surface area contributed by atoms with E-state index in [1.165, 1.54) is 23.7 Å². The van der Waals surface area contributed by atoms with Crippen molar-refractivity contribution in [3.05, 3.63) is 23.8 Å². The molecular formula is C17H23N3OS. The van der Waals surface area contributed by atoms with Gasteiger partial charge in [0.05, 0.1) is 16.8 Å². The summed E-state index contributed by atoms with van der Waals surface area (Å²) in [4.78, 5) is 22.4. The minimum absolute atomic E-state index is 0.223. The Hall–Kier alpha value is -1.49. The molecule has 1 saturated heterocycles. The highest BCUT2D eigenvalue weighted by atomic mass is 32.2. The molecule has 2 atom stereocenters. The summed E-state index contributed by atoms with van der Waals surface area (Å²) in [5.41, 5.74) is 3.20. The molecule has 1 amide bonds. The number of rotatable bonds is 3. The normalized spacial score (nSPS) is 22.2. The molecule has 0 saturated carbocycles. The Bertz CT molecular complexity index is 672. The van der Waals surface area contributed by atoms with Crippen molar-refractivity contribution in [3.8, 4) is 0 Å². The van der Waals surface area contributed by atoms with Crippen molar-refractivity contribution >= 4 is 28.7 Å². The van der Waals surface area contributed by atoms with Gasteiger partial charge in [-0.05, 0) is 57.7 Å². The van der Waals surface area contributed by atoms with Crippen LogP contribution in [0.25, 0.3) is 11.0 Å². The number of hydrogen-bond donors (Lipinski definition) is 1. The fourth-order valence-electron chi connectivity index (χ4n) is 3.29. The minimum atomic E-state index is 0.223. The highest BCUT2D eigenvalue weighted by molar-refractivity contribution is 7.99. The average molecular weight is 317 g/mol. The van der Waals surface area contributed by atoms with E-state index >= 15 is 0 Å². The summed E-state index contributed by atoms with van der Waals surface area (Å²) >= 11 is 1.50. The summed E-state index contributed by atoms with van der Waals surface area (Å²) in [5, 5.41) is 0.825. The Morgan fingerprint density at radius 2 is 2.09 bits per heavy atom. The molecule has 118 valence electrons. The number of aromatic amines is 1. The molecule has 22 heavy (non-hydrogen) atoms. The van der Waals surface area contributed by atoms with Gasteiger partial charge in [-0.25, -0.2) is 4.98 Å². The summed E-state index contributed by atoms with van der Waals surface area (Å²) in [6.45, 7) is 6.38. The van der Waals surface area contributed by atoms with E-state index in [2.05, 4.69) is 47.8 Å². The van der Waals surface area contributed by atoms with E-state index in [0.717, 1.165) is 29.0 Å². The molecule has 1 aromatic heterocycles. The number of carbonyl (C=O) groups is 1. The van der Waals surface area contributed by atoms with Gasteiger partial charge in [-0.2, -0.15) is 0 Å². The summed E-state index contributed by atoms with van der Waals surface area (Å²) in [5.74, 6) is 0.675. The number of imidazole rings is 1. The first-order valence-corrected chi connectivity index (χ1v) is 8.93. The second-order valence-electron chi connectivity index (χ2n) is 6.28. The Labute approximate surface area is 135 Å². The lowest BCUT2D eigenvalue weighted by Crippen LogP contribution is -2.48. The van der Waals surface area contributed by atoms with Crippen LogP contribution in [0.1, 0.15) is 38.7 Å². The van der Waals surface area contributed by atoms with E-state index in [-0.39, 0.29) is 5.91 Å². The number of aromatic nitrogens is 2. The van der Waals surface area contributed by atoms with Gasteiger partial charge in [0.2, 0.25) is 5.91 Å². The third-order valence-electron chi connectivity index (χ3n) is 4.43. The number of H-pyrrole nitrogens is 1. The van der Waals surface area contributed by atoms with Crippen LogP contribution in [0, 0.1) is 6.92 Å². The van der Waals surface area contributed by atoms with Crippen molar-refractivity contribution < 1.29 is 4.79 Å². The van der Waals surface area contributed by atoms with Crippen LogP contribution in [-0.2, 0) is 4.79 Å². The first kappa shape index (κ1) is 15.4. The summed E-state index contributed by atoms with van der Waals surface area (Å²) in [6.07, 6.45) is 3.46. The first-order chi connectivity index (χ1) is 10.5. The highest BCUT2D eigenvalue weighted by Crippen LogP contribution is 2.25. The molecule has 1 aromatic carbocycles. The Balaban J connectivity index is 1.66. The van der Waals surface area contributed by atoms with E-state index < -0.39 is 0 Å². The number of piperidine rings is 1. The standard InChI is InChI=1S/C17H23N3OS/c1-11-7-8-14-15(9-11)19-17(18-14)22-10-16(21)20-12(2)5-4-6-13(20)3/h7-9,12-13H,4-6,10H2,1-3H3,(H,18,19)/t12-,13-/m1/s1. The zero-order valence-electron chi connectivity index (χ0n) is 13.4. The van der Waals surface area contributed by atoms with E-state index in [0.29, 0.717) is 17.8 Å². The highest BCUT2D eigenvalue weighted by Gasteiger charge is 2.28. The van der Waals surface area contributed by atoms with Gasteiger partial charge in [-0.1, -0.05) is 17.8 Å². The molecule has 2 aromatic rings. The maximum atomic E-state index is 12.5. The largest absolute Gasteiger partial charge is 0.337 e. The fourth-order valence-corrected chi connectivity index (χ4v) is 4.04. The maximum absolute atomic E-state index is 12.5. The molecule has 4 nitrogen and oxygen atoms in total. The molecule has 1 aliphatic rings. The SMILES string of the molecule is Cc1ccc2nc(SCC(=O)N3[C@H](C)CCC[C@H]3C)[nH]c2c1. The van der Waals surface area contributed by atoms with Crippen molar-refractivity contribution in [2.45, 2.75) is 57.3 Å². The molecular weight excluding hydrogens is 294 g/mol. The van der Waals surface area contributed by atoms with Crippen LogP contribution in [0.3, 0.4) is 0 Å². The number of aryl methyl sites for hydroxylation is 1. The number of likely N-dealkylation sites (tertiary alicyclic amines) is 1. The van der Waals surface area contributed by atoms with Crippen LogP contribution in [0.4, 0.5) is 0 Å². The predicted octanol–water partition coefficient (Wildman–Crippen LogP) is 3.75. The van der Waals surface area contributed by atoms with E-state index in [4.69, 9.17) is 0 Å². The molecule has 0 radical (unpaired) electrons. The summed E-state index contributed by atoms with van der Waals surface area (Å²) in [7, 11) is 0. The van der Waals surface area contributed by atoms with Crippen molar-refractivity contribution in [1.82, 2.24) is 14.9 Å². The Morgan fingerprint density at radius 1 is 1.36 bits per heavy atom. The quantitative estimate of drug-likeness (QED) is 0.877. The van der Waals surface area contributed by atoms with Crippen LogP contribution in [0.2, 0.25) is 0 Å². The molecule has 0 unspecified atom stereocenters. The molecule has 0 aliphatic carbocycles. The lowest BCUT2D eigenvalue weighted by atomic mass is 9.98. The monoisotopic (exact) mass is 317 g/mol. The zero-order valence-corrected chi connectivity index (χ0v) is 14.2. The molecule has 1 aliphatic heterocycles. The Kier molecular flexibility index (Phi) is 4.43. The number of hydrogen-bond acceptors (Lipinski definition) is 3. The fraction of sp³-hybridized carbons (Fsp3) is 0.529. The third kappa shape index (κ3) is 3.14. The maximum Gasteiger partial charge on any atom is 0.233 e. The number of fused-ring (bicyclic) bond motifs is 1. The third-order valence-corrected chi connectivity index (χ3v) is 5.29. The van der Waals surface area contributed by atoms with E-state index in [1.807, 2.05) is 6.07 Å². The van der Waals surface area contributed by atoms with Crippen LogP contribution >= 0.6 is 11.8 Å². The molecule has 0 spiro atoms. The smallest absolute Gasteiger partial charge is 0.233 e. The topological polar surface area (TPSA) is 49.0 Å². The lowest BCUT2D eigenvalue weighted by molar-refractivity contribution is -0.134. The second-order valence-corrected chi connectivity index (χ2v) is 7.25. The first-order valence-electron chi connectivity index (χ1n) is 7.95. The molecule has 2 heterocycles. The summed E-state index contributed by atoms with van der Waals surface area (Å²) < 4.78 is 0. The van der Waals surface area contributed by atoms with Gasteiger partial charge in [0.1, 0.15) is 0 Å². The molecule has 3 rings (SSSR count). The number of amides is 1. The number of nitrogens with one attached hydrogen (secondary N) is 1. The molecule has 1 N–H and O–H groups in total. The van der Waals surface area contributed by atoms with Gasteiger partial charge in [0.15, 0.2) is 5.16 Å². The van der Waals surface area contributed by atoms with Gasteiger partial charge in [0.25, 0.3) is 0 Å². The minimum Gasteiger partial charge on any atom is -0.337 e. The lowest BCUT2D eigenvalue weighted by Gasteiger charge is -2.39. The number of thioether (sulfide) groups is 1. The van der Waals surface area contributed by atoms with Gasteiger partial charge in [-0.3, -0.25) is 4.79 Å². The van der Waals surface area contributed by atoms with Gasteiger partial charge < -0.3 is 9.88 Å². The second kappa shape index (κ2) is 6.32. The molecule has 0 bridgehead atoms. The van der Waals surface area contributed by atoms with Crippen LogP contribution in [-0.4, -0.2) is 38.6 Å². The van der Waals surface area contributed by atoms with Gasteiger partial charge in [-0.15, -0.1) is 0 Å². The van der Waals surface area contributed by atoms with Crippen LogP contribution in [0.15, 0.2) is 23.4 Å². The van der Waals surface area contributed by atoms with Gasteiger partial charge in [0, 0.05) is 12.1 Å². The van der Waals surface area contributed by atoms with Crippen molar-refractivity contribution in [3.63, 3.8) is 0 Å². The number of nitrogens with zero attached hydrogens (tertiary/aromatic N) is 2.